The monoisotopic (exact) mass is 308 g/mol. The maximum Gasteiger partial charge on any atom is 1.00 e. The molecule has 2 nitrogen and oxygen atoms in total. The van der Waals surface area contributed by atoms with E-state index in [4.69, 9.17) is 0 Å². The Morgan fingerprint density at radius 1 is 1.27 bits per heavy atom. The van der Waals surface area contributed by atoms with Gasteiger partial charge in [-0.2, -0.15) is 5.69 Å². The van der Waals surface area contributed by atoms with Crippen molar-refractivity contribution in [3.63, 3.8) is 0 Å². The Morgan fingerprint density at radius 2 is 2.00 bits per heavy atom. The van der Waals surface area contributed by atoms with E-state index in [9.17, 15) is 0 Å². The van der Waals surface area contributed by atoms with Crippen molar-refractivity contribution < 1.29 is 22.4 Å². The Kier molecular flexibility index (Phi) is 5.00. The maximum absolute atomic E-state index is 4.33. The van der Waals surface area contributed by atoms with Crippen LogP contribution in [-0.4, -0.2) is 6.21 Å². The number of hydrogen-bond acceptors (Lipinski definition) is 1. The molecule has 0 fully saturated rings. The van der Waals surface area contributed by atoms with E-state index < -0.39 is 0 Å². The van der Waals surface area contributed by atoms with Crippen LogP contribution >= 0.6 is 8.19 Å². The molecule has 0 N–H and O–H groups in total. The second-order valence-corrected chi connectivity index (χ2v) is 3.94. The second-order valence-electron chi connectivity index (χ2n) is 2.96. The predicted octanol–water partition coefficient (Wildman–Crippen LogP) is 3.28. The standard InChI is InChI=1S/C11H10N2P.Ag/c1-9-8-14-11(13-9)7-12-10-5-3-2-4-6-10;/h2-8H,1H3;/q-1;+1. The number of aromatic nitrogens is 1. The molecule has 0 spiro atoms. The van der Waals surface area contributed by atoms with E-state index in [0.717, 1.165) is 25.0 Å². The molecular formula is C11H10AgN2P. The summed E-state index contributed by atoms with van der Waals surface area (Å²) >= 11 is 0. The van der Waals surface area contributed by atoms with Gasteiger partial charge >= 0.3 is 22.4 Å². The Hall–Kier alpha value is -0.660. The van der Waals surface area contributed by atoms with Crippen molar-refractivity contribution >= 4 is 20.1 Å². The molecule has 1 aromatic heterocycles. The molecule has 1 aromatic carbocycles. The minimum absolute atomic E-state index is 0. The van der Waals surface area contributed by atoms with Crippen molar-refractivity contribution in [2.24, 2.45) is 4.99 Å². The third kappa shape index (κ3) is 3.77. The van der Waals surface area contributed by atoms with Gasteiger partial charge in [-0.1, -0.05) is 44.5 Å². The molecule has 0 aliphatic heterocycles. The summed E-state index contributed by atoms with van der Waals surface area (Å²) in [5.74, 6) is 2.08. The van der Waals surface area contributed by atoms with Crippen molar-refractivity contribution in [2.45, 2.75) is 6.92 Å². The molecule has 0 saturated carbocycles. The van der Waals surface area contributed by atoms with Crippen molar-refractivity contribution in [3.05, 3.63) is 47.2 Å². The zero-order chi connectivity index (χ0) is 9.80. The molecule has 0 atom stereocenters. The molecule has 15 heavy (non-hydrogen) atoms. The first-order valence-corrected chi connectivity index (χ1v) is 5.36. The molecular weight excluding hydrogens is 299 g/mol. The van der Waals surface area contributed by atoms with Crippen LogP contribution in [-0.2, 0) is 22.4 Å². The van der Waals surface area contributed by atoms with Crippen LogP contribution in [0.4, 0.5) is 5.69 Å². The first kappa shape index (κ1) is 12.4. The third-order valence-electron chi connectivity index (χ3n) is 1.76. The van der Waals surface area contributed by atoms with Crippen molar-refractivity contribution in [1.82, 2.24) is 4.98 Å². The molecule has 1 heterocycles. The van der Waals surface area contributed by atoms with Gasteiger partial charge in [0.1, 0.15) is 0 Å². The summed E-state index contributed by atoms with van der Waals surface area (Å²) in [6, 6.07) is 9.89. The van der Waals surface area contributed by atoms with E-state index in [1.165, 1.54) is 0 Å². The second kappa shape index (κ2) is 6.04. The van der Waals surface area contributed by atoms with Crippen LogP contribution < -0.4 is 4.98 Å². The zero-order valence-corrected chi connectivity index (χ0v) is 10.6. The molecule has 0 amide bonds. The number of para-hydroxylation sites is 1. The summed E-state index contributed by atoms with van der Waals surface area (Å²) in [5.41, 5.74) is 3.04. The minimum atomic E-state index is 0. The number of aryl methyl sites for hydroxylation is 1. The Labute approximate surface area is 106 Å². The largest absolute Gasteiger partial charge is 1.00 e. The molecule has 80 valence electrons. The van der Waals surface area contributed by atoms with Gasteiger partial charge in [0.25, 0.3) is 0 Å². The quantitative estimate of drug-likeness (QED) is 0.618. The Morgan fingerprint density at radius 3 is 2.60 bits per heavy atom. The van der Waals surface area contributed by atoms with Crippen molar-refractivity contribution in [2.75, 3.05) is 0 Å². The number of hydrogen-bond donors (Lipinski definition) is 0. The van der Waals surface area contributed by atoms with Gasteiger partial charge in [-0.05, 0) is 12.1 Å². The zero-order valence-electron chi connectivity index (χ0n) is 8.18. The van der Waals surface area contributed by atoms with Crippen LogP contribution in [0.5, 0.6) is 0 Å². The fourth-order valence-corrected chi connectivity index (χ4v) is 1.82. The molecule has 0 aliphatic rings. The smallest absolute Gasteiger partial charge is 0.656 e. The fraction of sp³-hybridized carbons (Fsp3) is 0.0909. The Bertz CT molecular complexity index is 437. The van der Waals surface area contributed by atoms with Crippen molar-refractivity contribution in [1.29, 1.82) is 0 Å². The summed E-state index contributed by atoms with van der Waals surface area (Å²) in [6.45, 7) is 2.00. The summed E-state index contributed by atoms with van der Waals surface area (Å²) in [4.78, 5) is 8.65. The normalized spacial score (nSPS) is 10.7. The summed E-state index contributed by atoms with van der Waals surface area (Å²) in [7, 11) is 1.14. The van der Waals surface area contributed by atoms with Crippen LogP contribution in [0, 0.1) is 6.92 Å². The van der Waals surface area contributed by atoms with Gasteiger partial charge in [-0.3, -0.25) is 4.99 Å². The molecule has 2 aromatic rings. The molecule has 0 saturated heterocycles. The predicted molar refractivity (Wildman–Crippen MR) is 60.7 cm³/mol. The van der Waals surface area contributed by atoms with Gasteiger partial charge in [0.15, 0.2) is 0 Å². The van der Waals surface area contributed by atoms with Crippen LogP contribution in [0.2, 0.25) is 0 Å². The average molecular weight is 309 g/mol. The van der Waals surface area contributed by atoms with Crippen LogP contribution in [0.1, 0.15) is 11.1 Å². The van der Waals surface area contributed by atoms with Gasteiger partial charge in [0.05, 0.1) is 5.69 Å². The van der Waals surface area contributed by atoms with Crippen molar-refractivity contribution in [3.8, 4) is 0 Å². The summed E-state index contributed by atoms with van der Waals surface area (Å²) in [5, 5.41) is 0. The molecule has 0 bridgehead atoms. The molecule has 4 heteroatoms. The van der Waals surface area contributed by atoms with E-state index in [1.807, 2.05) is 43.5 Å². The first-order chi connectivity index (χ1) is 6.84. The van der Waals surface area contributed by atoms with Crippen LogP contribution in [0.15, 0.2) is 41.1 Å². The van der Waals surface area contributed by atoms with Gasteiger partial charge in [-0.25, -0.2) is 0 Å². The number of nitrogens with zero attached hydrogens (tertiary/aromatic N) is 2. The van der Waals surface area contributed by atoms with E-state index in [2.05, 4.69) is 15.8 Å². The molecule has 0 radical (unpaired) electrons. The van der Waals surface area contributed by atoms with Gasteiger partial charge in [0.2, 0.25) is 0 Å². The number of benzene rings is 1. The van der Waals surface area contributed by atoms with Gasteiger partial charge in [0, 0.05) is 6.21 Å². The third-order valence-corrected chi connectivity index (χ3v) is 2.74. The fourth-order valence-electron chi connectivity index (χ4n) is 1.11. The van der Waals surface area contributed by atoms with E-state index in [-0.39, 0.29) is 22.4 Å². The average Bonchev–Trinajstić information content (AvgIpc) is 2.63. The van der Waals surface area contributed by atoms with E-state index in [1.54, 1.807) is 0 Å². The SMILES string of the molecule is Cc1cpc(C=Nc2ccccc2)[n-]1.[Ag+]. The van der Waals surface area contributed by atoms with Crippen LogP contribution in [0.25, 0.3) is 0 Å². The van der Waals surface area contributed by atoms with Crippen LogP contribution in [0.3, 0.4) is 0 Å². The number of aliphatic imine (C=N–C) groups is 1. The van der Waals surface area contributed by atoms with Gasteiger partial charge < -0.3 is 4.98 Å². The topological polar surface area (TPSA) is 26.5 Å². The molecule has 0 unspecified atom stereocenters. The summed E-state index contributed by atoms with van der Waals surface area (Å²) < 4.78 is 0. The summed E-state index contributed by atoms with van der Waals surface area (Å²) in [6.07, 6.45) is 1.82. The maximum atomic E-state index is 4.33. The Balaban J connectivity index is 0.00000112. The number of rotatable bonds is 2. The first-order valence-electron chi connectivity index (χ1n) is 4.40. The van der Waals surface area contributed by atoms with E-state index >= 15 is 0 Å². The molecule has 2 rings (SSSR count). The van der Waals surface area contributed by atoms with Gasteiger partial charge in [-0.15, -0.1) is 0 Å². The molecule has 0 aliphatic carbocycles. The van der Waals surface area contributed by atoms with E-state index in [0.29, 0.717) is 0 Å². The minimum Gasteiger partial charge on any atom is -0.656 e.